The third-order valence-electron chi connectivity index (χ3n) is 5.55. The molecule has 144 valence electrons. The minimum Gasteiger partial charge on any atom is -0.336 e. The van der Waals surface area contributed by atoms with Gasteiger partial charge in [-0.15, -0.1) is 0 Å². The van der Waals surface area contributed by atoms with Crippen molar-refractivity contribution in [1.82, 2.24) is 14.5 Å². The first-order valence-electron chi connectivity index (χ1n) is 10.3. The van der Waals surface area contributed by atoms with E-state index in [2.05, 4.69) is 24.0 Å². The van der Waals surface area contributed by atoms with Crippen LogP contribution in [-0.4, -0.2) is 33.0 Å². The number of piperidine rings is 1. The van der Waals surface area contributed by atoms with Crippen LogP contribution in [0, 0.1) is 0 Å². The van der Waals surface area contributed by atoms with E-state index < -0.39 is 0 Å². The molecule has 4 nitrogen and oxygen atoms in total. The average molecular weight is 374 g/mol. The van der Waals surface area contributed by atoms with Crippen molar-refractivity contribution >= 4 is 17.5 Å². The lowest BCUT2D eigenvalue weighted by atomic mass is 9.98. The molecule has 3 heterocycles. The second kappa shape index (κ2) is 8.42. The predicted octanol–water partition coefficient (Wildman–Crippen LogP) is 5.20. The molecule has 4 heteroatoms. The van der Waals surface area contributed by atoms with Crippen molar-refractivity contribution in [2.24, 2.45) is 0 Å². The Morgan fingerprint density at radius 2 is 1.96 bits per heavy atom. The summed E-state index contributed by atoms with van der Waals surface area (Å²) in [4.78, 5) is 15.0. The number of likely N-dealkylation sites (tertiary alicyclic amines) is 1. The third kappa shape index (κ3) is 3.72. The lowest BCUT2D eigenvalue weighted by Gasteiger charge is -2.35. The van der Waals surface area contributed by atoms with Crippen LogP contribution in [-0.2, 0) is 4.79 Å². The summed E-state index contributed by atoms with van der Waals surface area (Å²) >= 11 is 0. The topological polar surface area (TPSA) is 37.6 Å². The van der Waals surface area contributed by atoms with Gasteiger partial charge in [0, 0.05) is 36.0 Å². The number of hydrogen-bond donors (Lipinski definition) is 0. The van der Waals surface area contributed by atoms with Gasteiger partial charge in [-0.1, -0.05) is 49.7 Å². The van der Waals surface area contributed by atoms with Gasteiger partial charge in [-0.3, -0.25) is 4.79 Å². The number of carbonyl (C=O) groups is 1. The minimum absolute atomic E-state index is 0.118. The monoisotopic (exact) mass is 373 g/mol. The van der Waals surface area contributed by atoms with E-state index in [1.54, 1.807) is 6.08 Å². The first-order valence-corrected chi connectivity index (χ1v) is 10.3. The van der Waals surface area contributed by atoms with Crippen molar-refractivity contribution in [3.05, 3.63) is 66.4 Å². The van der Waals surface area contributed by atoms with E-state index in [4.69, 9.17) is 5.10 Å². The Morgan fingerprint density at radius 3 is 2.79 bits per heavy atom. The first kappa shape index (κ1) is 18.5. The highest BCUT2D eigenvalue weighted by Gasteiger charge is 2.24. The molecule has 1 amide bonds. The van der Waals surface area contributed by atoms with Crippen molar-refractivity contribution in [3.63, 3.8) is 0 Å². The second-order valence-corrected chi connectivity index (χ2v) is 7.46. The number of aromatic nitrogens is 2. The highest BCUT2D eigenvalue weighted by molar-refractivity contribution is 5.95. The van der Waals surface area contributed by atoms with Crippen LogP contribution in [0.1, 0.15) is 44.6 Å². The molecule has 0 aliphatic carbocycles. The zero-order valence-corrected chi connectivity index (χ0v) is 16.4. The average Bonchev–Trinajstić information content (AvgIpc) is 3.12. The number of fused-ring (bicyclic) bond motifs is 1. The molecule has 1 unspecified atom stereocenters. The third-order valence-corrected chi connectivity index (χ3v) is 5.55. The lowest BCUT2D eigenvalue weighted by Crippen LogP contribution is -2.42. The van der Waals surface area contributed by atoms with Gasteiger partial charge in [0.2, 0.25) is 5.91 Å². The summed E-state index contributed by atoms with van der Waals surface area (Å²) in [5, 5.41) is 4.76. The SMILES string of the molecule is CCCC1CCCCN1C(=O)C=Cc1c(-c2ccccc2)nn2ccccc12. The highest BCUT2D eigenvalue weighted by Crippen LogP contribution is 2.28. The Labute approximate surface area is 166 Å². The number of amides is 1. The van der Waals surface area contributed by atoms with E-state index in [9.17, 15) is 4.79 Å². The van der Waals surface area contributed by atoms with Crippen molar-refractivity contribution < 1.29 is 4.79 Å². The Kier molecular flexibility index (Phi) is 5.56. The normalized spacial score (nSPS) is 17.5. The number of pyridine rings is 1. The molecule has 1 aliphatic rings. The second-order valence-electron chi connectivity index (χ2n) is 7.46. The Bertz CT molecular complexity index is 972. The Morgan fingerprint density at radius 1 is 1.14 bits per heavy atom. The molecular weight excluding hydrogens is 346 g/mol. The van der Waals surface area contributed by atoms with Crippen LogP contribution in [0.5, 0.6) is 0 Å². The maximum Gasteiger partial charge on any atom is 0.246 e. The van der Waals surface area contributed by atoms with Crippen LogP contribution >= 0.6 is 0 Å². The summed E-state index contributed by atoms with van der Waals surface area (Å²) in [5.74, 6) is 0.118. The van der Waals surface area contributed by atoms with Gasteiger partial charge in [0.05, 0.1) is 5.52 Å². The molecule has 0 bridgehead atoms. The van der Waals surface area contributed by atoms with E-state index in [1.807, 2.05) is 53.2 Å². The number of nitrogens with zero attached hydrogens (tertiary/aromatic N) is 3. The largest absolute Gasteiger partial charge is 0.336 e. The van der Waals surface area contributed by atoms with Crippen molar-refractivity contribution in [2.75, 3.05) is 6.54 Å². The van der Waals surface area contributed by atoms with Gasteiger partial charge < -0.3 is 4.90 Å². The molecule has 0 N–H and O–H groups in total. The molecule has 0 radical (unpaired) electrons. The maximum absolute atomic E-state index is 13.0. The van der Waals surface area contributed by atoms with Crippen molar-refractivity contribution in [3.8, 4) is 11.3 Å². The standard InChI is InChI=1S/C24H27N3O/c1-2-10-20-13-6-8-17-26(20)23(28)16-15-21-22-14-7-9-18-27(22)25-24(21)19-11-4-3-5-12-19/h3-5,7,9,11-12,14-16,18,20H,2,6,8,10,13,17H2,1H3. The van der Waals surface area contributed by atoms with Crippen molar-refractivity contribution in [2.45, 2.75) is 45.1 Å². The van der Waals surface area contributed by atoms with Gasteiger partial charge in [-0.25, -0.2) is 4.52 Å². The van der Waals surface area contributed by atoms with Gasteiger partial charge in [0.15, 0.2) is 0 Å². The summed E-state index contributed by atoms with van der Waals surface area (Å²) in [6, 6.07) is 16.6. The van der Waals surface area contributed by atoms with Crippen LogP contribution in [0.2, 0.25) is 0 Å². The van der Waals surface area contributed by atoms with E-state index in [0.717, 1.165) is 54.6 Å². The number of hydrogen-bond acceptors (Lipinski definition) is 2. The van der Waals surface area contributed by atoms with Crippen LogP contribution in [0.25, 0.3) is 22.9 Å². The fourth-order valence-corrected chi connectivity index (χ4v) is 4.17. The summed E-state index contributed by atoms with van der Waals surface area (Å²) < 4.78 is 1.88. The molecule has 0 spiro atoms. The molecule has 1 atom stereocenters. The smallest absolute Gasteiger partial charge is 0.246 e. The maximum atomic E-state index is 13.0. The summed E-state index contributed by atoms with van der Waals surface area (Å²) in [6.45, 7) is 3.06. The Hall–Kier alpha value is -2.88. The Balaban J connectivity index is 1.68. The van der Waals surface area contributed by atoms with Crippen LogP contribution in [0.3, 0.4) is 0 Å². The van der Waals surface area contributed by atoms with Crippen molar-refractivity contribution in [1.29, 1.82) is 0 Å². The van der Waals surface area contributed by atoms with E-state index in [0.29, 0.717) is 6.04 Å². The fraction of sp³-hybridized carbons (Fsp3) is 0.333. The van der Waals surface area contributed by atoms with E-state index in [1.165, 1.54) is 6.42 Å². The zero-order valence-electron chi connectivity index (χ0n) is 16.4. The molecule has 28 heavy (non-hydrogen) atoms. The molecule has 3 aromatic rings. The summed E-state index contributed by atoms with van der Waals surface area (Å²) in [6.07, 6.45) is 11.3. The molecular formula is C24H27N3O. The minimum atomic E-state index is 0.118. The molecule has 2 aromatic heterocycles. The lowest BCUT2D eigenvalue weighted by molar-refractivity contribution is -0.129. The van der Waals surface area contributed by atoms with Gasteiger partial charge in [-0.2, -0.15) is 5.10 Å². The molecule has 1 fully saturated rings. The fourth-order valence-electron chi connectivity index (χ4n) is 4.17. The van der Waals surface area contributed by atoms with Crippen LogP contribution in [0.15, 0.2) is 60.8 Å². The molecule has 0 saturated carbocycles. The number of benzene rings is 1. The number of carbonyl (C=O) groups excluding carboxylic acids is 1. The molecule has 1 aliphatic heterocycles. The predicted molar refractivity (Wildman–Crippen MR) is 114 cm³/mol. The summed E-state index contributed by atoms with van der Waals surface area (Å²) in [5.41, 5.74) is 3.96. The van der Waals surface area contributed by atoms with Crippen LogP contribution < -0.4 is 0 Å². The highest BCUT2D eigenvalue weighted by atomic mass is 16.2. The van der Waals surface area contributed by atoms with Gasteiger partial charge in [0.1, 0.15) is 5.69 Å². The molecule has 1 aromatic carbocycles. The quantitative estimate of drug-likeness (QED) is 0.577. The van der Waals surface area contributed by atoms with Crippen LogP contribution in [0.4, 0.5) is 0 Å². The number of rotatable bonds is 5. The molecule has 1 saturated heterocycles. The van der Waals surface area contributed by atoms with E-state index >= 15 is 0 Å². The zero-order chi connectivity index (χ0) is 19.3. The molecule has 4 rings (SSSR count). The van der Waals surface area contributed by atoms with Gasteiger partial charge >= 0.3 is 0 Å². The first-order chi connectivity index (χ1) is 13.8. The van der Waals surface area contributed by atoms with Gasteiger partial charge in [-0.05, 0) is 43.9 Å². The van der Waals surface area contributed by atoms with Gasteiger partial charge in [0.25, 0.3) is 0 Å². The summed E-state index contributed by atoms with van der Waals surface area (Å²) in [7, 11) is 0. The van der Waals surface area contributed by atoms with E-state index in [-0.39, 0.29) is 5.91 Å².